The summed E-state index contributed by atoms with van der Waals surface area (Å²) in [6, 6.07) is 5.07. The Balaban J connectivity index is 2.67. The Morgan fingerprint density at radius 3 is 2.44 bits per heavy atom. The lowest BCUT2D eigenvalue weighted by Gasteiger charge is -2.17. The highest BCUT2D eigenvalue weighted by Gasteiger charge is 2.19. The molecule has 6 nitrogen and oxygen atoms in total. The molecule has 1 unspecified atom stereocenters. The van der Waals surface area contributed by atoms with Crippen molar-refractivity contribution in [3.8, 4) is 0 Å². The molecule has 1 rings (SSSR count). The largest absolute Gasteiger partial charge is 0.325 e. The Kier molecular flexibility index (Phi) is 4.79. The number of rotatable bonds is 5. The number of carbonyl (C=O) groups is 1. The van der Waals surface area contributed by atoms with Crippen molar-refractivity contribution in [1.82, 2.24) is 0 Å². The van der Waals surface area contributed by atoms with Gasteiger partial charge in [-0.15, -0.1) is 0 Å². The number of benzene rings is 1. The van der Waals surface area contributed by atoms with E-state index in [1.807, 2.05) is 13.8 Å². The third-order valence-electron chi connectivity index (χ3n) is 2.91. The summed E-state index contributed by atoms with van der Waals surface area (Å²) >= 11 is 0. The van der Waals surface area contributed by atoms with E-state index in [9.17, 15) is 14.9 Å². The number of carbonyl (C=O) groups excluding carboxylic acids is 1. The van der Waals surface area contributed by atoms with Crippen LogP contribution in [-0.2, 0) is 4.79 Å². The van der Waals surface area contributed by atoms with Crippen molar-refractivity contribution < 1.29 is 9.72 Å². The first-order valence-corrected chi connectivity index (χ1v) is 5.76. The summed E-state index contributed by atoms with van der Waals surface area (Å²) < 4.78 is 0. The Bertz CT molecular complexity index is 431. The van der Waals surface area contributed by atoms with E-state index in [1.165, 1.54) is 24.3 Å². The molecule has 0 fully saturated rings. The minimum atomic E-state index is -0.579. The number of nitrogens with two attached hydrogens (primary N) is 1. The predicted octanol–water partition coefficient (Wildman–Crippen LogP) is 1.91. The molecule has 1 aromatic rings. The number of hydrogen-bond donors (Lipinski definition) is 2. The summed E-state index contributed by atoms with van der Waals surface area (Å²) in [6.45, 7) is 3.86. The number of non-ortho nitro benzene ring substituents is 1. The molecule has 98 valence electrons. The van der Waals surface area contributed by atoms with Crippen LogP contribution in [0.2, 0.25) is 0 Å². The van der Waals surface area contributed by atoms with Gasteiger partial charge in [-0.1, -0.05) is 20.3 Å². The summed E-state index contributed by atoms with van der Waals surface area (Å²) in [5.74, 6) is -0.193. The molecule has 0 heterocycles. The average Bonchev–Trinajstić information content (AvgIpc) is 2.37. The second-order valence-corrected chi connectivity index (χ2v) is 4.20. The second-order valence-electron chi connectivity index (χ2n) is 4.20. The van der Waals surface area contributed by atoms with Crippen molar-refractivity contribution in [1.29, 1.82) is 0 Å². The van der Waals surface area contributed by atoms with Gasteiger partial charge in [-0.3, -0.25) is 14.9 Å². The van der Waals surface area contributed by atoms with Crippen LogP contribution in [0.1, 0.15) is 20.3 Å². The fourth-order valence-electron chi connectivity index (χ4n) is 1.40. The quantitative estimate of drug-likeness (QED) is 0.616. The van der Waals surface area contributed by atoms with E-state index in [0.717, 1.165) is 6.42 Å². The molecule has 0 saturated carbocycles. The van der Waals surface area contributed by atoms with Gasteiger partial charge in [0, 0.05) is 17.8 Å². The molecule has 0 aliphatic carbocycles. The van der Waals surface area contributed by atoms with Crippen LogP contribution in [0, 0.1) is 16.0 Å². The normalized spacial score (nSPS) is 13.7. The maximum atomic E-state index is 11.8. The summed E-state index contributed by atoms with van der Waals surface area (Å²) in [6.07, 6.45) is 0.814. The lowest BCUT2D eigenvalue weighted by atomic mass is 9.99. The molecule has 0 bridgehead atoms. The highest BCUT2D eigenvalue weighted by Crippen LogP contribution is 2.16. The van der Waals surface area contributed by atoms with Crippen molar-refractivity contribution in [3.63, 3.8) is 0 Å². The first-order chi connectivity index (χ1) is 8.45. The standard InChI is InChI=1S/C12H17N3O3/c1-3-8(2)11(13)12(16)14-9-4-6-10(7-5-9)15(17)18/h4-8,11H,3,13H2,1-2H3,(H,14,16)/t8?,11-/m0/s1. The van der Waals surface area contributed by atoms with Gasteiger partial charge in [-0.25, -0.2) is 0 Å². The van der Waals surface area contributed by atoms with Crippen LogP contribution in [0.15, 0.2) is 24.3 Å². The van der Waals surface area contributed by atoms with Gasteiger partial charge in [0.25, 0.3) is 5.69 Å². The molecule has 0 aliphatic heterocycles. The number of amides is 1. The molecular weight excluding hydrogens is 234 g/mol. The Morgan fingerprint density at radius 1 is 1.44 bits per heavy atom. The molecule has 0 aliphatic rings. The van der Waals surface area contributed by atoms with Gasteiger partial charge < -0.3 is 11.1 Å². The number of hydrogen-bond acceptors (Lipinski definition) is 4. The van der Waals surface area contributed by atoms with E-state index in [2.05, 4.69) is 5.32 Å². The van der Waals surface area contributed by atoms with Crippen LogP contribution < -0.4 is 11.1 Å². The number of nitro benzene ring substituents is 1. The van der Waals surface area contributed by atoms with Crippen LogP contribution in [0.3, 0.4) is 0 Å². The van der Waals surface area contributed by atoms with Gasteiger partial charge in [0.15, 0.2) is 0 Å². The average molecular weight is 251 g/mol. The first kappa shape index (κ1) is 14.1. The van der Waals surface area contributed by atoms with Crippen molar-refractivity contribution in [2.24, 2.45) is 11.7 Å². The highest BCUT2D eigenvalue weighted by molar-refractivity contribution is 5.94. The summed E-state index contributed by atoms with van der Waals surface area (Å²) in [5, 5.41) is 13.1. The fraction of sp³-hybridized carbons (Fsp3) is 0.417. The van der Waals surface area contributed by atoms with E-state index in [1.54, 1.807) is 0 Å². The third kappa shape index (κ3) is 3.53. The number of nitrogens with one attached hydrogen (secondary N) is 1. The molecule has 1 aromatic carbocycles. The molecule has 2 atom stereocenters. The predicted molar refractivity (Wildman–Crippen MR) is 69.2 cm³/mol. The van der Waals surface area contributed by atoms with Gasteiger partial charge in [0.1, 0.15) is 0 Å². The molecule has 3 N–H and O–H groups in total. The molecule has 0 saturated heterocycles. The minimum Gasteiger partial charge on any atom is -0.325 e. The monoisotopic (exact) mass is 251 g/mol. The lowest BCUT2D eigenvalue weighted by molar-refractivity contribution is -0.384. The summed E-state index contributed by atoms with van der Waals surface area (Å²) in [4.78, 5) is 21.7. The molecule has 0 spiro atoms. The zero-order valence-corrected chi connectivity index (χ0v) is 10.4. The van der Waals surface area contributed by atoms with E-state index in [0.29, 0.717) is 5.69 Å². The number of anilines is 1. The maximum Gasteiger partial charge on any atom is 0.269 e. The van der Waals surface area contributed by atoms with E-state index in [-0.39, 0.29) is 17.5 Å². The Morgan fingerprint density at radius 2 is 2.00 bits per heavy atom. The SMILES string of the molecule is CCC(C)[C@H](N)C(=O)Nc1ccc([N+](=O)[O-])cc1. The van der Waals surface area contributed by atoms with Crippen LogP contribution >= 0.6 is 0 Å². The van der Waals surface area contributed by atoms with E-state index in [4.69, 9.17) is 5.73 Å². The van der Waals surface area contributed by atoms with E-state index >= 15 is 0 Å². The van der Waals surface area contributed by atoms with Crippen LogP contribution in [0.4, 0.5) is 11.4 Å². The Hall–Kier alpha value is -1.95. The Labute approximate surface area is 105 Å². The van der Waals surface area contributed by atoms with Crippen LogP contribution in [0.5, 0.6) is 0 Å². The van der Waals surface area contributed by atoms with E-state index < -0.39 is 11.0 Å². The second kappa shape index (κ2) is 6.11. The van der Waals surface area contributed by atoms with Crippen molar-refractivity contribution in [2.45, 2.75) is 26.3 Å². The molecule has 6 heteroatoms. The van der Waals surface area contributed by atoms with Gasteiger partial charge >= 0.3 is 0 Å². The number of nitro groups is 1. The molecule has 1 amide bonds. The van der Waals surface area contributed by atoms with Gasteiger partial charge in [0.05, 0.1) is 11.0 Å². The summed E-state index contributed by atoms with van der Waals surface area (Å²) in [5.41, 5.74) is 6.27. The smallest absolute Gasteiger partial charge is 0.269 e. The molecule has 0 radical (unpaired) electrons. The molecule has 18 heavy (non-hydrogen) atoms. The van der Waals surface area contributed by atoms with Crippen molar-refractivity contribution in [2.75, 3.05) is 5.32 Å². The third-order valence-corrected chi connectivity index (χ3v) is 2.91. The van der Waals surface area contributed by atoms with Gasteiger partial charge in [0.2, 0.25) is 5.91 Å². The topological polar surface area (TPSA) is 98.3 Å². The zero-order chi connectivity index (χ0) is 13.7. The number of nitrogens with zero attached hydrogens (tertiary/aromatic N) is 1. The zero-order valence-electron chi connectivity index (χ0n) is 10.4. The van der Waals surface area contributed by atoms with Crippen LogP contribution in [-0.4, -0.2) is 16.9 Å². The van der Waals surface area contributed by atoms with Crippen LogP contribution in [0.25, 0.3) is 0 Å². The fourth-order valence-corrected chi connectivity index (χ4v) is 1.40. The maximum absolute atomic E-state index is 11.8. The van der Waals surface area contributed by atoms with Gasteiger partial charge in [-0.05, 0) is 18.1 Å². The first-order valence-electron chi connectivity index (χ1n) is 5.76. The highest BCUT2D eigenvalue weighted by atomic mass is 16.6. The van der Waals surface area contributed by atoms with Crippen molar-refractivity contribution >= 4 is 17.3 Å². The molecule has 0 aromatic heterocycles. The van der Waals surface area contributed by atoms with Gasteiger partial charge in [-0.2, -0.15) is 0 Å². The van der Waals surface area contributed by atoms with Crippen molar-refractivity contribution in [3.05, 3.63) is 34.4 Å². The lowest BCUT2D eigenvalue weighted by Crippen LogP contribution is -2.40. The molecular formula is C12H17N3O3. The minimum absolute atomic E-state index is 0.0146. The summed E-state index contributed by atoms with van der Waals surface area (Å²) in [7, 11) is 0.